The summed E-state index contributed by atoms with van der Waals surface area (Å²) in [5, 5.41) is 0. The van der Waals surface area contributed by atoms with E-state index in [0.717, 1.165) is 24.4 Å². The Bertz CT molecular complexity index is 569. The van der Waals surface area contributed by atoms with E-state index in [0.29, 0.717) is 18.2 Å². The molecule has 5 heteroatoms. The highest BCUT2D eigenvalue weighted by Gasteiger charge is 2.20. The lowest BCUT2D eigenvalue weighted by atomic mass is 10.2. The predicted molar refractivity (Wildman–Crippen MR) is 73.9 cm³/mol. The molecule has 3 heterocycles. The van der Waals surface area contributed by atoms with Crippen LogP contribution in [0, 0.1) is 0 Å². The van der Waals surface area contributed by atoms with Crippen molar-refractivity contribution < 1.29 is 14.2 Å². The maximum absolute atomic E-state index is 5.87. The Morgan fingerprint density at radius 3 is 2.85 bits per heavy atom. The van der Waals surface area contributed by atoms with Crippen LogP contribution in [0.15, 0.2) is 36.5 Å². The summed E-state index contributed by atoms with van der Waals surface area (Å²) in [6.07, 6.45) is 2.65. The zero-order chi connectivity index (χ0) is 13.8. The lowest BCUT2D eigenvalue weighted by Gasteiger charge is -2.14. The number of hydrogen-bond acceptors (Lipinski definition) is 5. The molecule has 0 radical (unpaired) electrons. The molecule has 0 aliphatic carbocycles. The number of aromatic nitrogens is 2. The Balaban J connectivity index is 1.90. The number of methoxy groups -OCH3 is 1. The summed E-state index contributed by atoms with van der Waals surface area (Å²) in [4.78, 5) is 8.81. The van der Waals surface area contributed by atoms with E-state index >= 15 is 0 Å². The van der Waals surface area contributed by atoms with Crippen molar-refractivity contribution in [3.63, 3.8) is 0 Å². The van der Waals surface area contributed by atoms with Gasteiger partial charge in [-0.3, -0.25) is 4.98 Å². The molecule has 1 atom stereocenters. The van der Waals surface area contributed by atoms with Crippen LogP contribution < -0.4 is 9.47 Å². The number of rotatable bonds is 4. The molecule has 0 spiro atoms. The standard InChI is InChI=1S/C15H16N2O3/c1-18-14-6-5-13(12-4-2-3-8-16-12)17-15(14)20-11-7-9-19-10-11/h2-6,8,11H,7,9-10H2,1H3/t11-/m1/s1. The first-order valence-corrected chi connectivity index (χ1v) is 6.57. The van der Waals surface area contributed by atoms with Gasteiger partial charge in [-0.2, -0.15) is 0 Å². The van der Waals surface area contributed by atoms with Crippen molar-refractivity contribution in [1.82, 2.24) is 9.97 Å². The average Bonchev–Trinajstić information content (AvgIpc) is 3.01. The molecule has 2 aromatic rings. The highest BCUT2D eigenvalue weighted by molar-refractivity contribution is 5.56. The van der Waals surface area contributed by atoms with Crippen molar-refractivity contribution >= 4 is 0 Å². The van der Waals surface area contributed by atoms with Gasteiger partial charge >= 0.3 is 0 Å². The third kappa shape index (κ3) is 2.72. The van der Waals surface area contributed by atoms with Crippen molar-refractivity contribution in [2.24, 2.45) is 0 Å². The molecule has 1 fully saturated rings. The molecular formula is C15H16N2O3. The first-order valence-electron chi connectivity index (χ1n) is 6.57. The second kappa shape index (κ2) is 5.88. The van der Waals surface area contributed by atoms with E-state index in [-0.39, 0.29) is 6.10 Å². The smallest absolute Gasteiger partial charge is 0.257 e. The second-order valence-electron chi connectivity index (χ2n) is 4.52. The number of hydrogen-bond donors (Lipinski definition) is 0. The van der Waals surface area contributed by atoms with Gasteiger partial charge in [0.15, 0.2) is 5.75 Å². The molecule has 0 unspecified atom stereocenters. The highest BCUT2D eigenvalue weighted by atomic mass is 16.6. The fourth-order valence-electron chi connectivity index (χ4n) is 2.09. The predicted octanol–water partition coefficient (Wildman–Crippen LogP) is 2.32. The minimum absolute atomic E-state index is 0.0374. The largest absolute Gasteiger partial charge is 0.491 e. The van der Waals surface area contributed by atoms with E-state index in [1.165, 1.54) is 0 Å². The summed E-state index contributed by atoms with van der Waals surface area (Å²) in [7, 11) is 1.61. The number of ether oxygens (including phenoxy) is 3. The molecule has 0 bridgehead atoms. The number of nitrogens with zero attached hydrogens (tertiary/aromatic N) is 2. The maximum atomic E-state index is 5.87. The maximum Gasteiger partial charge on any atom is 0.257 e. The second-order valence-corrected chi connectivity index (χ2v) is 4.52. The summed E-state index contributed by atoms with van der Waals surface area (Å²) >= 11 is 0. The minimum Gasteiger partial charge on any atom is -0.491 e. The third-order valence-electron chi connectivity index (χ3n) is 3.14. The quantitative estimate of drug-likeness (QED) is 0.855. The van der Waals surface area contributed by atoms with Gasteiger partial charge in [0, 0.05) is 12.6 Å². The Labute approximate surface area is 117 Å². The van der Waals surface area contributed by atoms with Gasteiger partial charge in [-0.25, -0.2) is 4.98 Å². The van der Waals surface area contributed by atoms with Gasteiger partial charge in [0.25, 0.3) is 5.88 Å². The molecule has 104 valence electrons. The van der Waals surface area contributed by atoms with Gasteiger partial charge < -0.3 is 14.2 Å². The van der Waals surface area contributed by atoms with Crippen LogP contribution in [-0.2, 0) is 4.74 Å². The van der Waals surface area contributed by atoms with Gasteiger partial charge in [0.1, 0.15) is 6.10 Å². The van der Waals surface area contributed by atoms with Crippen molar-refractivity contribution in [3.8, 4) is 23.0 Å². The minimum atomic E-state index is 0.0374. The van der Waals surface area contributed by atoms with Gasteiger partial charge in [-0.05, 0) is 24.3 Å². The van der Waals surface area contributed by atoms with Crippen LogP contribution in [0.5, 0.6) is 11.6 Å². The Kier molecular flexibility index (Phi) is 3.78. The van der Waals surface area contributed by atoms with E-state index in [1.54, 1.807) is 13.3 Å². The van der Waals surface area contributed by atoms with Gasteiger partial charge in [0.2, 0.25) is 0 Å². The molecule has 0 saturated carbocycles. The Hall–Kier alpha value is -2.14. The van der Waals surface area contributed by atoms with Crippen molar-refractivity contribution in [2.45, 2.75) is 12.5 Å². The molecule has 3 rings (SSSR count). The summed E-state index contributed by atoms with van der Waals surface area (Å²) in [6.45, 7) is 1.32. The third-order valence-corrected chi connectivity index (χ3v) is 3.14. The lowest BCUT2D eigenvalue weighted by Crippen LogP contribution is -2.17. The summed E-state index contributed by atoms with van der Waals surface area (Å²) < 4.78 is 16.5. The molecular weight excluding hydrogens is 256 g/mol. The summed E-state index contributed by atoms with van der Waals surface area (Å²) in [5.41, 5.74) is 1.57. The first kappa shape index (κ1) is 12.9. The molecule has 20 heavy (non-hydrogen) atoms. The fourth-order valence-corrected chi connectivity index (χ4v) is 2.09. The average molecular weight is 272 g/mol. The zero-order valence-electron chi connectivity index (χ0n) is 11.3. The van der Waals surface area contributed by atoms with E-state index < -0.39 is 0 Å². The Morgan fingerprint density at radius 2 is 2.15 bits per heavy atom. The topological polar surface area (TPSA) is 53.5 Å². The normalized spacial score (nSPS) is 17.9. The lowest BCUT2D eigenvalue weighted by molar-refractivity contribution is 0.135. The van der Waals surface area contributed by atoms with Gasteiger partial charge in [-0.1, -0.05) is 6.07 Å². The first-order chi connectivity index (χ1) is 9.86. The van der Waals surface area contributed by atoms with Crippen molar-refractivity contribution in [3.05, 3.63) is 36.5 Å². The molecule has 1 aliphatic heterocycles. The fraction of sp³-hybridized carbons (Fsp3) is 0.333. The van der Waals surface area contributed by atoms with E-state index in [9.17, 15) is 0 Å². The monoisotopic (exact) mass is 272 g/mol. The van der Waals surface area contributed by atoms with E-state index in [4.69, 9.17) is 14.2 Å². The molecule has 2 aromatic heterocycles. The van der Waals surface area contributed by atoms with E-state index in [1.807, 2.05) is 30.3 Å². The highest BCUT2D eigenvalue weighted by Crippen LogP contribution is 2.29. The van der Waals surface area contributed by atoms with Crippen molar-refractivity contribution in [1.29, 1.82) is 0 Å². The number of pyridine rings is 2. The molecule has 0 amide bonds. The Morgan fingerprint density at radius 1 is 1.20 bits per heavy atom. The van der Waals surface area contributed by atoms with Crippen LogP contribution in [0.1, 0.15) is 6.42 Å². The molecule has 5 nitrogen and oxygen atoms in total. The molecule has 0 N–H and O–H groups in total. The zero-order valence-corrected chi connectivity index (χ0v) is 11.3. The summed E-state index contributed by atoms with van der Waals surface area (Å²) in [6, 6.07) is 9.44. The SMILES string of the molecule is COc1ccc(-c2ccccn2)nc1O[C@@H]1CCOC1. The molecule has 1 saturated heterocycles. The van der Waals surface area contributed by atoms with Crippen LogP contribution in [0.25, 0.3) is 11.4 Å². The van der Waals surface area contributed by atoms with Crippen LogP contribution in [-0.4, -0.2) is 36.4 Å². The summed E-state index contributed by atoms with van der Waals surface area (Å²) in [5.74, 6) is 1.11. The van der Waals surface area contributed by atoms with Crippen LogP contribution in [0.4, 0.5) is 0 Å². The van der Waals surface area contributed by atoms with Crippen LogP contribution in [0.2, 0.25) is 0 Å². The van der Waals surface area contributed by atoms with Crippen molar-refractivity contribution in [2.75, 3.05) is 20.3 Å². The van der Waals surface area contributed by atoms with Crippen LogP contribution in [0.3, 0.4) is 0 Å². The van der Waals surface area contributed by atoms with E-state index in [2.05, 4.69) is 9.97 Å². The molecule has 0 aromatic carbocycles. The van der Waals surface area contributed by atoms with Gasteiger partial charge in [0.05, 0.1) is 31.7 Å². The molecule has 1 aliphatic rings. The van der Waals surface area contributed by atoms with Crippen LogP contribution >= 0.6 is 0 Å². The van der Waals surface area contributed by atoms with Gasteiger partial charge in [-0.15, -0.1) is 0 Å².